The lowest BCUT2D eigenvalue weighted by atomic mass is 10.1. The lowest BCUT2D eigenvalue weighted by Crippen LogP contribution is -2.52. The maximum Gasteiger partial charge on any atom is 0.279 e. The fourth-order valence-corrected chi connectivity index (χ4v) is 4.59. The van der Waals surface area contributed by atoms with Crippen LogP contribution in [0.1, 0.15) is 18.4 Å². The topological polar surface area (TPSA) is 61.9 Å². The molecule has 2 heterocycles. The number of nitrogens with one attached hydrogen (secondary N) is 1. The van der Waals surface area contributed by atoms with Gasteiger partial charge in [0, 0.05) is 37.9 Å². The first-order chi connectivity index (χ1) is 11.0. The maximum absolute atomic E-state index is 12.4. The van der Waals surface area contributed by atoms with Crippen molar-refractivity contribution >= 4 is 15.9 Å². The highest BCUT2D eigenvalue weighted by Gasteiger charge is 2.29. The van der Waals surface area contributed by atoms with Gasteiger partial charge in [-0.15, -0.1) is 0 Å². The second kappa shape index (κ2) is 7.17. The molecule has 2 fully saturated rings. The van der Waals surface area contributed by atoms with Crippen molar-refractivity contribution in [1.29, 1.82) is 0 Å². The van der Waals surface area contributed by atoms with Gasteiger partial charge in [0.2, 0.25) is 0 Å². The Morgan fingerprint density at radius 2 is 1.83 bits per heavy atom. The zero-order valence-corrected chi connectivity index (χ0v) is 14.4. The van der Waals surface area contributed by atoms with Crippen LogP contribution in [0, 0.1) is 6.92 Å². The summed E-state index contributed by atoms with van der Waals surface area (Å²) in [4.78, 5) is 2.33. The van der Waals surface area contributed by atoms with E-state index in [1.165, 1.54) is 15.6 Å². The first kappa shape index (κ1) is 16.7. The van der Waals surface area contributed by atoms with Gasteiger partial charge in [0.15, 0.2) is 0 Å². The van der Waals surface area contributed by atoms with Crippen molar-refractivity contribution in [3.05, 3.63) is 29.8 Å². The Morgan fingerprint density at radius 3 is 2.48 bits per heavy atom. The van der Waals surface area contributed by atoms with E-state index in [1.807, 2.05) is 0 Å². The van der Waals surface area contributed by atoms with E-state index < -0.39 is 10.2 Å². The van der Waals surface area contributed by atoms with Crippen LogP contribution < -0.4 is 9.62 Å². The van der Waals surface area contributed by atoms with E-state index in [0.717, 1.165) is 25.9 Å². The number of hydrogen-bond donors (Lipinski definition) is 1. The van der Waals surface area contributed by atoms with Gasteiger partial charge in [-0.2, -0.15) is 17.4 Å². The van der Waals surface area contributed by atoms with Crippen LogP contribution in [0.5, 0.6) is 0 Å². The first-order valence-electron chi connectivity index (χ1n) is 8.21. The number of nitrogens with zero attached hydrogens (tertiary/aromatic N) is 2. The first-order valence-corrected chi connectivity index (χ1v) is 9.65. The van der Waals surface area contributed by atoms with E-state index in [1.54, 1.807) is 0 Å². The van der Waals surface area contributed by atoms with Crippen molar-refractivity contribution in [3.63, 3.8) is 0 Å². The normalized spacial score (nSPS) is 21.5. The van der Waals surface area contributed by atoms with Gasteiger partial charge in [-0.05, 0) is 37.5 Å². The molecule has 0 unspecified atom stereocenters. The van der Waals surface area contributed by atoms with Gasteiger partial charge in [0.1, 0.15) is 0 Å². The quantitative estimate of drug-likeness (QED) is 0.893. The van der Waals surface area contributed by atoms with Crippen LogP contribution in [0.2, 0.25) is 0 Å². The van der Waals surface area contributed by atoms with Gasteiger partial charge in [-0.1, -0.05) is 12.1 Å². The third kappa shape index (κ3) is 4.23. The molecule has 0 spiro atoms. The zero-order chi connectivity index (χ0) is 16.3. The highest BCUT2D eigenvalue weighted by molar-refractivity contribution is 7.87. The largest absolute Gasteiger partial charge is 0.379 e. The summed E-state index contributed by atoms with van der Waals surface area (Å²) in [6, 6.07) is 8.47. The zero-order valence-electron chi connectivity index (χ0n) is 13.6. The van der Waals surface area contributed by atoms with Crippen molar-refractivity contribution in [3.8, 4) is 0 Å². The van der Waals surface area contributed by atoms with E-state index in [9.17, 15) is 8.42 Å². The Labute approximate surface area is 138 Å². The monoisotopic (exact) mass is 339 g/mol. The molecule has 6 nitrogen and oxygen atoms in total. The Kier molecular flexibility index (Phi) is 5.21. The highest BCUT2D eigenvalue weighted by atomic mass is 32.2. The molecular weight excluding hydrogens is 314 g/mol. The molecule has 128 valence electrons. The third-order valence-electron chi connectivity index (χ3n) is 4.49. The molecule has 2 aliphatic heterocycles. The lowest BCUT2D eigenvalue weighted by molar-refractivity contribution is 0.0722. The highest BCUT2D eigenvalue weighted by Crippen LogP contribution is 2.21. The molecule has 1 aromatic carbocycles. The van der Waals surface area contributed by atoms with Crippen LogP contribution in [0.3, 0.4) is 0 Å². The molecule has 0 saturated carbocycles. The standard InChI is InChI=1S/C16H25N3O3S/c1-14-3-2-4-16(13-14)18-7-5-15(6-8-18)17-23(20,21)19-9-11-22-12-10-19/h2-4,13,15,17H,5-12H2,1H3. The van der Waals surface area contributed by atoms with E-state index >= 15 is 0 Å². The summed E-state index contributed by atoms with van der Waals surface area (Å²) in [5.41, 5.74) is 2.47. The van der Waals surface area contributed by atoms with Crippen molar-refractivity contribution in [1.82, 2.24) is 9.03 Å². The predicted molar refractivity (Wildman–Crippen MR) is 90.9 cm³/mol. The van der Waals surface area contributed by atoms with Crippen molar-refractivity contribution < 1.29 is 13.2 Å². The number of benzene rings is 1. The number of anilines is 1. The van der Waals surface area contributed by atoms with Crippen molar-refractivity contribution in [2.45, 2.75) is 25.8 Å². The van der Waals surface area contributed by atoms with Crippen LogP contribution >= 0.6 is 0 Å². The molecule has 0 aromatic heterocycles. The average Bonchev–Trinajstić information content (AvgIpc) is 2.56. The SMILES string of the molecule is Cc1cccc(N2CCC(NS(=O)(=O)N3CCOCC3)CC2)c1. The minimum absolute atomic E-state index is 0.0175. The summed E-state index contributed by atoms with van der Waals surface area (Å²) >= 11 is 0. The van der Waals surface area contributed by atoms with Gasteiger partial charge < -0.3 is 9.64 Å². The molecular formula is C16H25N3O3S. The lowest BCUT2D eigenvalue weighted by Gasteiger charge is -2.35. The smallest absolute Gasteiger partial charge is 0.279 e. The van der Waals surface area contributed by atoms with E-state index in [0.29, 0.717) is 26.3 Å². The number of morpholine rings is 1. The minimum atomic E-state index is -3.39. The van der Waals surface area contributed by atoms with Crippen LogP contribution in [-0.4, -0.2) is 58.2 Å². The van der Waals surface area contributed by atoms with E-state index in [-0.39, 0.29) is 6.04 Å². The number of aryl methyl sites for hydroxylation is 1. The van der Waals surface area contributed by atoms with E-state index in [4.69, 9.17) is 4.74 Å². The molecule has 1 N–H and O–H groups in total. The van der Waals surface area contributed by atoms with Gasteiger partial charge in [0.25, 0.3) is 10.2 Å². The molecule has 0 amide bonds. The van der Waals surface area contributed by atoms with Gasteiger partial charge in [0.05, 0.1) is 13.2 Å². The number of hydrogen-bond acceptors (Lipinski definition) is 4. The molecule has 3 rings (SSSR count). The number of piperidine rings is 1. The average molecular weight is 339 g/mol. The second-order valence-electron chi connectivity index (χ2n) is 6.23. The fourth-order valence-electron chi connectivity index (χ4n) is 3.15. The second-order valence-corrected chi connectivity index (χ2v) is 7.94. The minimum Gasteiger partial charge on any atom is -0.379 e. The molecule has 0 radical (unpaired) electrons. The summed E-state index contributed by atoms with van der Waals surface area (Å²) in [6.07, 6.45) is 1.66. The number of rotatable bonds is 4. The summed E-state index contributed by atoms with van der Waals surface area (Å²) in [5, 5.41) is 0. The summed E-state index contributed by atoms with van der Waals surface area (Å²) in [7, 11) is -3.39. The molecule has 2 saturated heterocycles. The van der Waals surface area contributed by atoms with Crippen LogP contribution in [0.25, 0.3) is 0 Å². The summed E-state index contributed by atoms with van der Waals surface area (Å²) < 4.78 is 34.4. The van der Waals surface area contributed by atoms with Crippen molar-refractivity contribution in [2.75, 3.05) is 44.3 Å². The van der Waals surface area contributed by atoms with Gasteiger partial charge >= 0.3 is 0 Å². The molecule has 1 aromatic rings. The Hall–Kier alpha value is -1.15. The summed E-state index contributed by atoms with van der Waals surface area (Å²) in [6.45, 7) is 5.68. The molecule has 0 bridgehead atoms. The Bertz CT molecular complexity index is 621. The van der Waals surface area contributed by atoms with E-state index in [2.05, 4.69) is 40.8 Å². The Morgan fingerprint density at radius 1 is 1.13 bits per heavy atom. The van der Waals surface area contributed by atoms with Gasteiger partial charge in [-0.25, -0.2) is 0 Å². The number of ether oxygens (including phenoxy) is 1. The van der Waals surface area contributed by atoms with Crippen molar-refractivity contribution in [2.24, 2.45) is 0 Å². The fraction of sp³-hybridized carbons (Fsp3) is 0.625. The molecule has 2 aliphatic rings. The predicted octanol–water partition coefficient (Wildman–Crippen LogP) is 1.13. The molecule has 0 atom stereocenters. The Balaban J connectivity index is 1.54. The molecule has 0 aliphatic carbocycles. The third-order valence-corrected chi connectivity index (χ3v) is 6.16. The molecule has 23 heavy (non-hydrogen) atoms. The van der Waals surface area contributed by atoms with Crippen LogP contribution in [0.4, 0.5) is 5.69 Å². The van der Waals surface area contributed by atoms with Crippen LogP contribution in [0.15, 0.2) is 24.3 Å². The van der Waals surface area contributed by atoms with Crippen LogP contribution in [-0.2, 0) is 14.9 Å². The summed E-state index contributed by atoms with van der Waals surface area (Å²) in [5.74, 6) is 0. The maximum atomic E-state index is 12.4. The molecule has 7 heteroatoms. The van der Waals surface area contributed by atoms with Gasteiger partial charge in [-0.3, -0.25) is 0 Å².